The van der Waals surface area contributed by atoms with Gasteiger partial charge >= 0.3 is 0 Å². The lowest BCUT2D eigenvalue weighted by Gasteiger charge is -2.10. The van der Waals surface area contributed by atoms with Crippen LogP contribution in [0.25, 0.3) is 0 Å². The number of hydrogen-bond acceptors (Lipinski definition) is 6. The van der Waals surface area contributed by atoms with Crippen molar-refractivity contribution in [2.75, 3.05) is 20.0 Å². The van der Waals surface area contributed by atoms with E-state index < -0.39 is 0 Å². The van der Waals surface area contributed by atoms with Crippen molar-refractivity contribution in [1.82, 2.24) is 4.98 Å². The van der Waals surface area contributed by atoms with Crippen molar-refractivity contribution in [3.8, 4) is 29.2 Å². The van der Waals surface area contributed by atoms with Gasteiger partial charge in [-0.15, -0.1) is 0 Å². The largest absolute Gasteiger partial charge is 0.496 e. The predicted octanol–water partition coefficient (Wildman–Crippen LogP) is 2.34. The molecule has 6 nitrogen and oxygen atoms in total. The lowest BCUT2D eigenvalue weighted by atomic mass is 10.2. The van der Waals surface area contributed by atoms with Gasteiger partial charge in [0.15, 0.2) is 0 Å². The lowest BCUT2D eigenvalue weighted by Crippen LogP contribution is -1.96. The molecular formula is C14H13N3O3. The van der Waals surface area contributed by atoms with Gasteiger partial charge in [0.05, 0.1) is 26.1 Å². The van der Waals surface area contributed by atoms with Gasteiger partial charge in [0.25, 0.3) is 0 Å². The smallest absolute Gasteiger partial charge is 0.237 e. The highest BCUT2D eigenvalue weighted by Gasteiger charge is 2.09. The van der Waals surface area contributed by atoms with Gasteiger partial charge < -0.3 is 19.9 Å². The van der Waals surface area contributed by atoms with Gasteiger partial charge in [0.1, 0.15) is 28.9 Å². The molecular weight excluding hydrogens is 258 g/mol. The van der Waals surface area contributed by atoms with E-state index in [-0.39, 0.29) is 11.4 Å². The van der Waals surface area contributed by atoms with Crippen molar-refractivity contribution in [3.63, 3.8) is 0 Å². The molecule has 0 fully saturated rings. The minimum atomic E-state index is 0.178. The second kappa shape index (κ2) is 5.80. The van der Waals surface area contributed by atoms with E-state index in [0.29, 0.717) is 22.9 Å². The van der Waals surface area contributed by atoms with Crippen LogP contribution in [0.5, 0.6) is 23.1 Å². The van der Waals surface area contributed by atoms with Crippen LogP contribution in [0.15, 0.2) is 30.5 Å². The van der Waals surface area contributed by atoms with Crippen molar-refractivity contribution in [2.45, 2.75) is 0 Å². The maximum atomic E-state index is 9.05. The van der Waals surface area contributed by atoms with Crippen LogP contribution in [0, 0.1) is 11.3 Å². The van der Waals surface area contributed by atoms with Gasteiger partial charge in [-0.25, -0.2) is 4.98 Å². The average Bonchev–Trinajstić information content (AvgIpc) is 2.48. The van der Waals surface area contributed by atoms with Crippen molar-refractivity contribution in [3.05, 3.63) is 36.0 Å². The summed E-state index contributed by atoms with van der Waals surface area (Å²) in [4.78, 5) is 4.00. The summed E-state index contributed by atoms with van der Waals surface area (Å²) in [6.45, 7) is 0. The molecule has 0 radical (unpaired) electrons. The fourth-order valence-corrected chi connectivity index (χ4v) is 1.58. The Morgan fingerprint density at radius 2 is 1.65 bits per heavy atom. The zero-order chi connectivity index (χ0) is 14.5. The first kappa shape index (κ1) is 13.5. The van der Waals surface area contributed by atoms with Crippen LogP contribution < -0.4 is 19.9 Å². The highest BCUT2D eigenvalue weighted by atomic mass is 16.5. The number of nitrogens with zero attached hydrogens (tertiary/aromatic N) is 2. The Kier molecular flexibility index (Phi) is 3.91. The molecule has 1 heterocycles. The number of rotatable bonds is 4. The summed E-state index contributed by atoms with van der Waals surface area (Å²) in [6, 6.07) is 8.54. The number of benzene rings is 1. The lowest BCUT2D eigenvalue weighted by molar-refractivity contribution is 0.385. The summed E-state index contributed by atoms with van der Waals surface area (Å²) in [5.41, 5.74) is 6.23. The fourth-order valence-electron chi connectivity index (χ4n) is 1.58. The third kappa shape index (κ3) is 2.90. The maximum absolute atomic E-state index is 9.05. The zero-order valence-corrected chi connectivity index (χ0v) is 11.1. The third-order valence-electron chi connectivity index (χ3n) is 2.53. The predicted molar refractivity (Wildman–Crippen MR) is 73.0 cm³/mol. The number of hydrogen-bond donors (Lipinski definition) is 1. The van der Waals surface area contributed by atoms with Crippen LogP contribution in [-0.4, -0.2) is 19.2 Å². The quantitative estimate of drug-likeness (QED) is 0.917. The first-order valence-corrected chi connectivity index (χ1v) is 5.73. The monoisotopic (exact) mass is 271 g/mol. The molecule has 0 saturated heterocycles. The molecule has 0 aliphatic rings. The number of nitrogens with two attached hydrogens (primary N) is 1. The summed E-state index contributed by atoms with van der Waals surface area (Å²) in [6.07, 6.45) is 1.42. The van der Waals surface area contributed by atoms with Gasteiger partial charge in [-0.1, -0.05) is 0 Å². The Hall–Kier alpha value is -2.94. The van der Waals surface area contributed by atoms with Crippen molar-refractivity contribution >= 4 is 5.69 Å². The van der Waals surface area contributed by atoms with Crippen LogP contribution in [0.3, 0.4) is 0 Å². The van der Waals surface area contributed by atoms with E-state index in [1.165, 1.54) is 12.3 Å². The first-order valence-electron chi connectivity index (χ1n) is 5.73. The van der Waals surface area contributed by atoms with Gasteiger partial charge in [0, 0.05) is 18.2 Å². The Morgan fingerprint density at radius 1 is 1.05 bits per heavy atom. The molecule has 0 atom stereocenters. The summed E-state index contributed by atoms with van der Waals surface area (Å²) in [7, 11) is 3.08. The normalized spacial score (nSPS) is 9.65. The molecule has 6 heteroatoms. The molecule has 0 saturated carbocycles. The van der Waals surface area contributed by atoms with Crippen molar-refractivity contribution in [1.29, 1.82) is 5.26 Å². The van der Waals surface area contributed by atoms with Crippen molar-refractivity contribution in [2.24, 2.45) is 0 Å². The third-order valence-corrected chi connectivity index (χ3v) is 2.53. The van der Waals surface area contributed by atoms with E-state index >= 15 is 0 Å². The SMILES string of the molecule is COc1cc(OC)cc(Oc2ncc(N)cc2C#N)c1. The minimum absolute atomic E-state index is 0.178. The maximum Gasteiger partial charge on any atom is 0.237 e. The van der Waals surface area contributed by atoms with Crippen LogP contribution >= 0.6 is 0 Å². The van der Waals surface area contributed by atoms with E-state index in [2.05, 4.69) is 4.98 Å². The number of ether oxygens (including phenoxy) is 3. The Labute approximate surface area is 116 Å². The van der Waals surface area contributed by atoms with Crippen LogP contribution in [-0.2, 0) is 0 Å². The van der Waals surface area contributed by atoms with Gasteiger partial charge in [-0.2, -0.15) is 5.26 Å². The van der Waals surface area contributed by atoms with E-state index in [9.17, 15) is 0 Å². The van der Waals surface area contributed by atoms with E-state index in [1.54, 1.807) is 32.4 Å². The Morgan fingerprint density at radius 3 is 2.20 bits per heavy atom. The summed E-state index contributed by atoms with van der Waals surface area (Å²) < 4.78 is 15.9. The van der Waals surface area contributed by atoms with Crippen LogP contribution in [0.1, 0.15) is 5.56 Å². The molecule has 2 rings (SSSR count). The molecule has 102 valence electrons. The molecule has 0 spiro atoms. The van der Waals surface area contributed by atoms with Crippen LogP contribution in [0.4, 0.5) is 5.69 Å². The number of methoxy groups -OCH3 is 2. The molecule has 1 aromatic carbocycles. The highest BCUT2D eigenvalue weighted by Crippen LogP contribution is 2.31. The molecule has 2 N–H and O–H groups in total. The van der Waals surface area contributed by atoms with Crippen molar-refractivity contribution < 1.29 is 14.2 Å². The molecule has 20 heavy (non-hydrogen) atoms. The Balaban J connectivity index is 2.37. The standard InChI is InChI=1S/C14H13N3O3/c1-18-11-4-12(19-2)6-13(5-11)20-14-9(7-15)3-10(16)8-17-14/h3-6,8H,16H2,1-2H3. The molecule has 0 bridgehead atoms. The fraction of sp³-hybridized carbons (Fsp3) is 0.143. The van der Waals surface area contributed by atoms with Gasteiger partial charge in [0.2, 0.25) is 5.88 Å². The molecule has 0 unspecified atom stereocenters. The number of pyridine rings is 1. The second-order valence-corrected chi connectivity index (χ2v) is 3.88. The number of nitrogen functional groups attached to an aromatic ring is 1. The number of aromatic nitrogens is 1. The Bertz CT molecular complexity index is 643. The molecule has 0 aliphatic heterocycles. The summed E-state index contributed by atoms with van der Waals surface area (Å²) >= 11 is 0. The van der Waals surface area contributed by atoms with E-state index in [1.807, 2.05) is 6.07 Å². The van der Waals surface area contributed by atoms with Gasteiger partial charge in [-0.3, -0.25) is 0 Å². The molecule has 0 amide bonds. The highest BCUT2D eigenvalue weighted by molar-refractivity contribution is 5.50. The molecule has 0 aliphatic carbocycles. The summed E-state index contributed by atoms with van der Waals surface area (Å²) in [5.74, 6) is 1.79. The minimum Gasteiger partial charge on any atom is -0.496 e. The number of anilines is 1. The molecule has 2 aromatic rings. The number of nitriles is 1. The second-order valence-electron chi connectivity index (χ2n) is 3.88. The van der Waals surface area contributed by atoms with E-state index in [4.69, 9.17) is 25.2 Å². The first-order chi connectivity index (χ1) is 9.66. The van der Waals surface area contributed by atoms with E-state index in [0.717, 1.165) is 0 Å². The summed E-state index contributed by atoms with van der Waals surface area (Å²) in [5, 5.41) is 9.05. The zero-order valence-electron chi connectivity index (χ0n) is 11.1. The topological polar surface area (TPSA) is 90.4 Å². The van der Waals surface area contributed by atoms with Gasteiger partial charge in [-0.05, 0) is 6.07 Å². The average molecular weight is 271 g/mol. The van der Waals surface area contributed by atoms with Crippen LogP contribution in [0.2, 0.25) is 0 Å². The molecule has 1 aromatic heterocycles.